The maximum absolute atomic E-state index is 12.5. The summed E-state index contributed by atoms with van der Waals surface area (Å²) in [5.74, 6) is -1.38. The van der Waals surface area contributed by atoms with Gasteiger partial charge in [0.25, 0.3) is 15.9 Å². The summed E-state index contributed by atoms with van der Waals surface area (Å²) in [6, 6.07) is 16.5. The molecule has 2 heterocycles. The van der Waals surface area contributed by atoms with E-state index in [0.29, 0.717) is 5.13 Å². The van der Waals surface area contributed by atoms with E-state index in [4.69, 9.17) is 4.74 Å². The zero-order chi connectivity index (χ0) is 21.8. The van der Waals surface area contributed by atoms with Crippen molar-refractivity contribution in [3.05, 3.63) is 71.6 Å². The lowest BCUT2D eigenvalue weighted by Gasteiger charge is -2.11. The molecule has 2 aromatic heterocycles. The number of aromatic nitrogens is 1. The smallest absolute Gasteiger partial charge is 0.340 e. The van der Waals surface area contributed by atoms with Gasteiger partial charge in [0.1, 0.15) is 4.21 Å². The number of nitrogens with one attached hydrogen (secondary N) is 2. The number of sulfonamides is 1. The molecule has 2 N–H and O–H groups in total. The summed E-state index contributed by atoms with van der Waals surface area (Å²) in [5, 5.41) is 4.62. The van der Waals surface area contributed by atoms with E-state index in [0.717, 1.165) is 21.6 Å². The zero-order valence-electron chi connectivity index (χ0n) is 15.8. The van der Waals surface area contributed by atoms with Crippen molar-refractivity contribution in [2.45, 2.75) is 4.21 Å². The molecular weight excluding hydrogens is 458 g/mol. The molecule has 1 amide bonds. The van der Waals surface area contributed by atoms with Crippen molar-refractivity contribution in [3.8, 4) is 0 Å². The van der Waals surface area contributed by atoms with Crippen LogP contribution < -0.4 is 10.0 Å². The lowest BCUT2D eigenvalue weighted by molar-refractivity contribution is -0.119. The Hall–Kier alpha value is -3.28. The molecular formula is C20H15N3O5S3. The predicted molar refractivity (Wildman–Crippen MR) is 120 cm³/mol. The molecule has 0 fully saturated rings. The van der Waals surface area contributed by atoms with Crippen LogP contribution in [0.5, 0.6) is 0 Å². The van der Waals surface area contributed by atoms with E-state index in [1.165, 1.54) is 29.5 Å². The van der Waals surface area contributed by atoms with Gasteiger partial charge >= 0.3 is 5.97 Å². The molecule has 158 valence electrons. The van der Waals surface area contributed by atoms with Crippen molar-refractivity contribution in [2.75, 3.05) is 16.6 Å². The molecule has 11 heteroatoms. The summed E-state index contributed by atoms with van der Waals surface area (Å²) >= 11 is 2.36. The maximum atomic E-state index is 12.5. The molecule has 2 aromatic carbocycles. The highest BCUT2D eigenvalue weighted by molar-refractivity contribution is 7.94. The lowest BCUT2D eigenvalue weighted by atomic mass is 10.2. The second kappa shape index (κ2) is 8.84. The van der Waals surface area contributed by atoms with Crippen molar-refractivity contribution in [2.24, 2.45) is 0 Å². The second-order valence-corrected chi connectivity index (χ2v) is 10.1. The van der Waals surface area contributed by atoms with E-state index in [1.807, 2.05) is 24.3 Å². The van der Waals surface area contributed by atoms with Gasteiger partial charge in [-0.2, -0.15) is 0 Å². The van der Waals surface area contributed by atoms with Crippen LogP contribution in [0.3, 0.4) is 0 Å². The van der Waals surface area contributed by atoms with Crippen LogP contribution in [0.25, 0.3) is 10.2 Å². The first-order valence-corrected chi connectivity index (χ1v) is 12.1. The highest BCUT2D eigenvalue weighted by atomic mass is 32.2. The number of hydrogen-bond acceptors (Lipinski definition) is 8. The number of nitrogens with zero attached hydrogens (tertiary/aromatic N) is 1. The molecule has 0 atom stereocenters. The van der Waals surface area contributed by atoms with E-state index in [1.54, 1.807) is 23.6 Å². The van der Waals surface area contributed by atoms with Crippen LogP contribution in [0, 0.1) is 0 Å². The number of esters is 1. The third-order valence-corrected chi connectivity index (χ3v) is 7.74. The van der Waals surface area contributed by atoms with Gasteiger partial charge in [0.2, 0.25) is 0 Å². The van der Waals surface area contributed by atoms with Crippen molar-refractivity contribution in [1.29, 1.82) is 0 Å². The van der Waals surface area contributed by atoms with Crippen LogP contribution in [0.4, 0.5) is 10.8 Å². The predicted octanol–water partition coefficient (Wildman–Crippen LogP) is 3.95. The van der Waals surface area contributed by atoms with Gasteiger partial charge in [0.05, 0.1) is 21.5 Å². The molecule has 0 spiro atoms. The fraction of sp³-hybridized carbons (Fsp3) is 0.0500. The standard InChI is InChI=1S/C20H15N3O5S3/c24-17(22-20-21-15-8-3-4-9-16(15)30-20)12-28-19(25)13-6-1-2-7-14(13)23-31(26,27)18-10-5-11-29-18/h1-11,23H,12H2,(H,21,22,24). The Morgan fingerprint density at radius 1 is 1.00 bits per heavy atom. The van der Waals surface area contributed by atoms with Gasteiger partial charge in [-0.15, -0.1) is 11.3 Å². The summed E-state index contributed by atoms with van der Waals surface area (Å²) in [5.41, 5.74) is 0.814. The Balaban J connectivity index is 1.41. The molecule has 4 rings (SSSR count). The Morgan fingerprint density at radius 3 is 2.55 bits per heavy atom. The average Bonchev–Trinajstić information content (AvgIpc) is 3.42. The number of thiazole rings is 1. The average molecular weight is 474 g/mol. The van der Waals surface area contributed by atoms with Gasteiger partial charge in [-0.05, 0) is 35.7 Å². The van der Waals surface area contributed by atoms with E-state index in [2.05, 4.69) is 15.0 Å². The number of hydrogen-bond donors (Lipinski definition) is 2. The van der Waals surface area contributed by atoms with Crippen molar-refractivity contribution < 1.29 is 22.7 Å². The largest absolute Gasteiger partial charge is 0.452 e. The molecule has 0 saturated heterocycles. The Labute approximate surface area is 185 Å². The Kier molecular flexibility index (Phi) is 5.98. The van der Waals surface area contributed by atoms with Crippen LogP contribution >= 0.6 is 22.7 Å². The number of amides is 1. The van der Waals surface area contributed by atoms with Crippen molar-refractivity contribution >= 4 is 65.6 Å². The summed E-state index contributed by atoms with van der Waals surface area (Å²) in [4.78, 5) is 28.9. The van der Waals surface area contributed by atoms with E-state index in [9.17, 15) is 18.0 Å². The van der Waals surface area contributed by atoms with Crippen LogP contribution in [0.15, 0.2) is 70.3 Å². The zero-order valence-corrected chi connectivity index (χ0v) is 18.2. The summed E-state index contributed by atoms with van der Waals surface area (Å²) in [6.45, 7) is -0.541. The van der Waals surface area contributed by atoms with Crippen molar-refractivity contribution in [1.82, 2.24) is 4.98 Å². The second-order valence-electron chi connectivity index (χ2n) is 6.19. The topological polar surface area (TPSA) is 114 Å². The molecule has 0 bridgehead atoms. The quantitative estimate of drug-likeness (QED) is 0.393. The fourth-order valence-corrected chi connectivity index (χ4v) is 5.61. The SMILES string of the molecule is O=C(COC(=O)c1ccccc1NS(=O)(=O)c1cccs1)Nc1nc2ccccc2s1. The minimum Gasteiger partial charge on any atom is -0.452 e. The number of para-hydroxylation sites is 2. The molecule has 0 unspecified atom stereocenters. The molecule has 0 aliphatic heterocycles. The monoisotopic (exact) mass is 473 g/mol. The van der Waals surface area contributed by atoms with Gasteiger partial charge in [-0.1, -0.05) is 41.7 Å². The molecule has 8 nitrogen and oxygen atoms in total. The van der Waals surface area contributed by atoms with Crippen LogP contribution in [0.2, 0.25) is 0 Å². The first-order valence-electron chi connectivity index (χ1n) is 8.90. The lowest BCUT2D eigenvalue weighted by Crippen LogP contribution is -2.22. The number of carbonyl (C=O) groups is 2. The minimum absolute atomic E-state index is 0.00424. The Morgan fingerprint density at radius 2 is 1.77 bits per heavy atom. The van der Waals surface area contributed by atoms with Crippen LogP contribution in [-0.2, 0) is 19.6 Å². The van der Waals surface area contributed by atoms with Gasteiger partial charge < -0.3 is 4.74 Å². The number of thiophene rings is 1. The Bertz CT molecular complexity index is 1310. The molecule has 31 heavy (non-hydrogen) atoms. The third-order valence-electron chi connectivity index (χ3n) is 4.03. The van der Waals surface area contributed by atoms with Crippen LogP contribution in [0.1, 0.15) is 10.4 Å². The van der Waals surface area contributed by atoms with E-state index in [-0.39, 0.29) is 15.5 Å². The molecule has 0 aliphatic carbocycles. The normalized spacial score (nSPS) is 11.2. The first-order chi connectivity index (χ1) is 14.9. The highest BCUT2D eigenvalue weighted by Gasteiger charge is 2.20. The van der Waals surface area contributed by atoms with Gasteiger partial charge in [0.15, 0.2) is 11.7 Å². The number of anilines is 2. The van der Waals surface area contributed by atoms with Gasteiger partial charge in [-0.25, -0.2) is 18.2 Å². The highest BCUT2D eigenvalue weighted by Crippen LogP contribution is 2.26. The first kappa shape index (κ1) is 21.0. The third kappa shape index (κ3) is 4.90. The molecule has 0 aliphatic rings. The van der Waals surface area contributed by atoms with Crippen LogP contribution in [-0.4, -0.2) is 31.9 Å². The van der Waals surface area contributed by atoms with E-state index < -0.39 is 28.5 Å². The maximum Gasteiger partial charge on any atom is 0.340 e. The number of carbonyl (C=O) groups excluding carboxylic acids is 2. The number of rotatable bonds is 7. The number of ether oxygens (including phenoxy) is 1. The summed E-state index contributed by atoms with van der Waals surface area (Å²) in [7, 11) is -3.84. The molecule has 0 radical (unpaired) electrons. The van der Waals surface area contributed by atoms with Gasteiger partial charge in [0, 0.05) is 0 Å². The van der Waals surface area contributed by atoms with Gasteiger partial charge in [-0.3, -0.25) is 14.8 Å². The number of benzene rings is 2. The van der Waals surface area contributed by atoms with Crippen molar-refractivity contribution in [3.63, 3.8) is 0 Å². The summed E-state index contributed by atoms with van der Waals surface area (Å²) in [6.07, 6.45) is 0. The fourth-order valence-electron chi connectivity index (χ4n) is 2.65. The molecule has 4 aromatic rings. The van der Waals surface area contributed by atoms with E-state index >= 15 is 0 Å². The summed E-state index contributed by atoms with van der Waals surface area (Å²) < 4.78 is 33.4. The minimum atomic E-state index is -3.84. The number of fused-ring (bicyclic) bond motifs is 1. The molecule has 0 saturated carbocycles.